The number of rotatable bonds is 5. The number of aliphatic hydroxyl groups is 1. The van der Waals surface area contributed by atoms with Gasteiger partial charge in [0.1, 0.15) is 11.0 Å². The number of aromatic nitrogens is 2. The number of nitrogens with zero attached hydrogens (tertiary/aromatic N) is 3. The van der Waals surface area contributed by atoms with Gasteiger partial charge in [-0.15, -0.1) is 11.3 Å². The molecular weight excluding hydrogens is 442 g/mol. The Morgan fingerprint density at radius 1 is 1.06 bits per heavy atom. The van der Waals surface area contributed by atoms with Gasteiger partial charge in [-0.1, -0.05) is 18.2 Å². The molecule has 1 atom stereocenters. The summed E-state index contributed by atoms with van der Waals surface area (Å²) in [5.74, 6) is -2.35. The van der Waals surface area contributed by atoms with Crippen molar-refractivity contribution in [1.29, 1.82) is 0 Å². The average molecular weight is 464 g/mol. The highest BCUT2D eigenvalue weighted by atomic mass is 32.1. The summed E-state index contributed by atoms with van der Waals surface area (Å²) in [6.07, 6.45) is 0.371. The maximum atomic E-state index is 13.1. The minimum Gasteiger partial charge on any atom is -0.420 e. The Balaban J connectivity index is 1.66. The lowest BCUT2D eigenvalue weighted by Gasteiger charge is -2.24. The number of carbonyl (C=O) groups is 1. The second-order valence-electron chi connectivity index (χ2n) is 8.08. The van der Waals surface area contributed by atoms with Crippen molar-refractivity contribution in [2.75, 3.05) is 19.0 Å². The van der Waals surface area contributed by atoms with Crippen LogP contribution >= 0.6 is 23.1 Å². The highest BCUT2D eigenvalue weighted by molar-refractivity contribution is 7.10. The molecule has 1 aliphatic rings. The molecule has 3 heterocycles. The number of fused-ring (bicyclic) bond motifs is 1. The van der Waals surface area contributed by atoms with E-state index in [2.05, 4.69) is 8.75 Å². The number of benzene rings is 2. The number of thiophene rings is 1. The molecule has 5 rings (SSSR count). The summed E-state index contributed by atoms with van der Waals surface area (Å²) in [4.78, 5) is 15.7. The Morgan fingerprint density at radius 3 is 2.50 bits per heavy atom. The van der Waals surface area contributed by atoms with Crippen LogP contribution in [0.5, 0.6) is 0 Å². The van der Waals surface area contributed by atoms with Gasteiger partial charge in [-0.2, -0.15) is 8.75 Å². The van der Waals surface area contributed by atoms with Crippen LogP contribution in [0.1, 0.15) is 21.6 Å². The molecular formula is C24H21N3O3S2. The fraction of sp³-hybridized carbons (Fsp3) is 0.208. The SMILES string of the molecule is Cc1csc(C2(O)OC(=O)C(c3ccc4nsnc4c3)=C2Cc2ccc(N(C)C)cc2)c1. The topological polar surface area (TPSA) is 75.5 Å². The van der Waals surface area contributed by atoms with Crippen LogP contribution in [0.3, 0.4) is 0 Å². The van der Waals surface area contributed by atoms with E-state index in [1.54, 1.807) is 0 Å². The number of anilines is 1. The van der Waals surface area contributed by atoms with E-state index < -0.39 is 11.8 Å². The molecule has 8 heteroatoms. The molecule has 32 heavy (non-hydrogen) atoms. The molecule has 2 aromatic carbocycles. The number of aryl methyl sites for hydroxylation is 1. The van der Waals surface area contributed by atoms with Gasteiger partial charge < -0.3 is 14.7 Å². The first kappa shape index (κ1) is 20.8. The molecule has 0 radical (unpaired) electrons. The van der Waals surface area contributed by atoms with Crippen LogP contribution in [-0.4, -0.2) is 33.9 Å². The second-order valence-corrected chi connectivity index (χ2v) is 9.52. The maximum Gasteiger partial charge on any atom is 0.342 e. The lowest BCUT2D eigenvalue weighted by atomic mass is 9.90. The fourth-order valence-electron chi connectivity index (χ4n) is 3.90. The molecule has 0 bridgehead atoms. The molecule has 0 aliphatic carbocycles. The van der Waals surface area contributed by atoms with Gasteiger partial charge in [-0.3, -0.25) is 0 Å². The van der Waals surface area contributed by atoms with Crippen molar-refractivity contribution in [1.82, 2.24) is 8.75 Å². The Kier molecular flexibility index (Phi) is 5.08. The molecule has 0 saturated heterocycles. The van der Waals surface area contributed by atoms with E-state index in [0.29, 0.717) is 33.5 Å². The summed E-state index contributed by atoms with van der Waals surface area (Å²) in [5.41, 5.74) is 6.12. The van der Waals surface area contributed by atoms with Crippen LogP contribution in [0.4, 0.5) is 5.69 Å². The third-order valence-corrected chi connectivity index (χ3v) is 7.29. The number of cyclic esters (lactones) is 1. The van der Waals surface area contributed by atoms with E-state index in [0.717, 1.165) is 34.1 Å². The van der Waals surface area contributed by atoms with Crippen molar-refractivity contribution in [3.63, 3.8) is 0 Å². The molecule has 1 N–H and O–H groups in total. The Morgan fingerprint density at radius 2 is 1.81 bits per heavy atom. The standard InChI is InChI=1S/C24H21N3O3S2/c1-14-10-21(31-13-14)24(29)18(11-15-4-7-17(8-5-15)27(2)3)22(23(28)30-24)16-6-9-19-20(12-16)26-32-25-19/h4-10,12-13,29H,11H2,1-3H3. The van der Waals surface area contributed by atoms with Crippen LogP contribution in [0.25, 0.3) is 16.6 Å². The van der Waals surface area contributed by atoms with Crippen LogP contribution < -0.4 is 4.90 Å². The fourth-order valence-corrected chi connectivity index (χ4v) is 5.38. The lowest BCUT2D eigenvalue weighted by molar-refractivity contribution is -0.184. The van der Waals surface area contributed by atoms with Gasteiger partial charge in [-0.05, 0) is 59.3 Å². The minimum absolute atomic E-state index is 0.371. The van der Waals surface area contributed by atoms with E-state index in [1.807, 2.05) is 79.8 Å². The van der Waals surface area contributed by atoms with Crippen molar-refractivity contribution in [2.45, 2.75) is 19.1 Å². The van der Waals surface area contributed by atoms with Gasteiger partial charge in [0, 0.05) is 31.8 Å². The van der Waals surface area contributed by atoms with Crippen LogP contribution in [0.2, 0.25) is 0 Å². The largest absolute Gasteiger partial charge is 0.420 e. The number of hydrogen-bond donors (Lipinski definition) is 1. The zero-order valence-electron chi connectivity index (χ0n) is 17.8. The molecule has 1 unspecified atom stereocenters. The maximum absolute atomic E-state index is 13.1. The van der Waals surface area contributed by atoms with Crippen molar-refractivity contribution in [3.8, 4) is 0 Å². The highest BCUT2D eigenvalue weighted by Crippen LogP contribution is 2.46. The first-order valence-corrected chi connectivity index (χ1v) is 11.7. The van der Waals surface area contributed by atoms with Gasteiger partial charge in [0.05, 0.1) is 22.2 Å². The van der Waals surface area contributed by atoms with Gasteiger partial charge in [0.2, 0.25) is 0 Å². The quantitative estimate of drug-likeness (QED) is 0.439. The van der Waals surface area contributed by atoms with E-state index >= 15 is 0 Å². The monoisotopic (exact) mass is 463 g/mol. The predicted octanol–water partition coefficient (Wildman–Crippen LogP) is 4.53. The van der Waals surface area contributed by atoms with Crippen LogP contribution in [-0.2, 0) is 21.7 Å². The van der Waals surface area contributed by atoms with Crippen molar-refractivity contribution in [3.05, 3.63) is 81.1 Å². The van der Waals surface area contributed by atoms with Crippen LogP contribution in [0.15, 0.2) is 59.5 Å². The van der Waals surface area contributed by atoms with Gasteiger partial charge >= 0.3 is 5.97 Å². The lowest BCUT2D eigenvalue weighted by Crippen LogP contribution is -2.28. The molecule has 2 aromatic heterocycles. The van der Waals surface area contributed by atoms with E-state index in [-0.39, 0.29) is 0 Å². The first-order chi connectivity index (χ1) is 15.3. The smallest absolute Gasteiger partial charge is 0.342 e. The van der Waals surface area contributed by atoms with Gasteiger partial charge in [0.15, 0.2) is 0 Å². The minimum atomic E-state index is -1.80. The summed E-state index contributed by atoms with van der Waals surface area (Å²) in [6.45, 7) is 1.95. The number of carbonyl (C=O) groups excluding carboxylic acids is 1. The summed E-state index contributed by atoms with van der Waals surface area (Å²) in [5, 5.41) is 13.6. The summed E-state index contributed by atoms with van der Waals surface area (Å²) in [7, 11) is 3.97. The van der Waals surface area contributed by atoms with Gasteiger partial charge in [0.25, 0.3) is 5.79 Å². The summed E-state index contributed by atoms with van der Waals surface area (Å²) >= 11 is 2.51. The third kappa shape index (κ3) is 3.50. The normalized spacial score (nSPS) is 18.4. The Labute approximate surface area is 193 Å². The van der Waals surface area contributed by atoms with E-state index in [4.69, 9.17) is 4.74 Å². The molecule has 0 saturated carbocycles. The van der Waals surface area contributed by atoms with Crippen molar-refractivity contribution in [2.24, 2.45) is 0 Å². The molecule has 4 aromatic rings. The van der Waals surface area contributed by atoms with E-state index in [1.165, 1.54) is 11.3 Å². The molecule has 0 spiro atoms. The molecule has 1 aliphatic heterocycles. The highest BCUT2D eigenvalue weighted by Gasteiger charge is 2.49. The Bertz CT molecular complexity index is 1350. The molecule has 0 fully saturated rings. The van der Waals surface area contributed by atoms with Gasteiger partial charge in [-0.25, -0.2) is 4.79 Å². The third-order valence-electron chi connectivity index (χ3n) is 5.60. The number of hydrogen-bond acceptors (Lipinski definition) is 8. The zero-order chi connectivity index (χ0) is 22.5. The van der Waals surface area contributed by atoms with Crippen molar-refractivity contribution < 1.29 is 14.6 Å². The zero-order valence-corrected chi connectivity index (χ0v) is 19.5. The molecule has 162 valence electrons. The Hall–Kier alpha value is -3.07. The summed E-state index contributed by atoms with van der Waals surface area (Å²) in [6, 6.07) is 15.4. The van der Waals surface area contributed by atoms with E-state index in [9.17, 15) is 9.90 Å². The molecule has 0 amide bonds. The second kappa shape index (κ2) is 7.81. The number of esters is 1. The average Bonchev–Trinajstić information content (AvgIpc) is 3.47. The number of ether oxygens (including phenoxy) is 1. The predicted molar refractivity (Wildman–Crippen MR) is 128 cm³/mol. The molecule has 6 nitrogen and oxygen atoms in total. The summed E-state index contributed by atoms with van der Waals surface area (Å²) < 4.78 is 14.2. The van der Waals surface area contributed by atoms with Crippen LogP contribution in [0, 0.1) is 6.92 Å². The van der Waals surface area contributed by atoms with Crippen molar-refractivity contribution >= 4 is 51.3 Å². The first-order valence-electron chi connectivity index (χ1n) is 10.1.